The van der Waals surface area contributed by atoms with Gasteiger partial charge in [-0.25, -0.2) is 0 Å². The molecular weight excluding hydrogens is 639 g/mol. The molecule has 2 aromatic carbocycles. The fourth-order valence-electron chi connectivity index (χ4n) is 3.88. The third kappa shape index (κ3) is 15.6. The van der Waals surface area contributed by atoms with Crippen LogP contribution >= 0.6 is 23.2 Å². The maximum Gasteiger partial charge on any atom is 0.133 e. The van der Waals surface area contributed by atoms with Crippen LogP contribution in [-0.4, -0.2) is 141 Å². The van der Waals surface area contributed by atoms with Crippen LogP contribution in [0.5, 0.6) is 11.5 Å². The lowest BCUT2D eigenvalue weighted by Crippen LogP contribution is -2.11. The molecule has 0 radical (unpaired) electrons. The molecule has 3 rings (SSSR count). The highest BCUT2D eigenvalue weighted by Gasteiger charge is 2.08. The van der Waals surface area contributed by atoms with Crippen molar-refractivity contribution in [2.75, 3.05) is 105 Å². The topological polar surface area (TPSA) is 145 Å². The Labute approximate surface area is 279 Å². The molecule has 46 heavy (non-hydrogen) atoms. The zero-order valence-corrected chi connectivity index (χ0v) is 27.3. The predicted octanol–water partition coefficient (Wildman–Crippen LogP) is 3.89. The summed E-state index contributed by atoms with van der Waals surface area (Å²) in [6.07, 6.45) is 6.25. The number of aliphatic imine (C=N–C) groups is 4. The van der Waals surface area contributed by atoms with Crippen LogP contribution in [0.3, 0.4) is 0 Å². The average molecular weight is 682 g/mol. The summed E-state index contributed by atoms with van der Waals surface area (Å²) in [7, 11) is 0. The molecular formula is C32H42Cl2N4O8. The number of hydrogen-bond acceptors (Lipinski definition) is 12. The molecule has 1 aliphatic heterocycles. The number of fused-ring (bicyclic) bond motifs is 4. The van der Waals surface area contributed by atoms with Crippen LogP contribution in [0.4, 0.5) is 0 Å². The number of ether oxygens (including phenoxy) is 6. The van der Waals surface area contributed by atoms with Gasteiger partial charge in [-0.05, 0) is 24.3 Å². The predicted molar refractivity (Wildman–Crippen MR) is 181 cm³/mol. The molecule has 1 heterocycles. The van der Waals surface area contributed by atoms with Crippen LogP contribution in [0, 0.1) is 0 Å². The molecule has 14 heteroatoms. The largest absolute Gasteiger partial charge is 0.507 e. The van der Waals surface area contributed by atoms with E-state index >= 15 is 0 Å². The molecule has 0 spiro atoms. The van der Waals surface area contributed by atoms with E-state index < -0.39 is 0 Å². The Hall–Kier alpha value is -2.94. The Morgan fingerprint density at radius 1 is 0.391 bits per heavy atom. The van der Waals surface area contributed by atoms with E-state index in [1.807, 2.05) is 0 Å². The number of rotatable bonds is 0. The van der Waals surface area contributed by atoms with Crippen molar-refractivity contribution in [1.82, 2.24) is 0 Å². The molecule has 252 valence electrons. The highest BCUT2D eigenvalue weighted by molar-refractivity contribution is 6.31. The number of nitrogens with zero attached hydrogens (tertiary/aromatic N) is 4. The first-order chi connectivity index (χ1) is 22.5. The smallest absolute Gasteiger partial charge is 0.133 e. The monoisotopic (exact) mass is 680 g/mol. The van der Waals surface area contributed by atoms with Crippen molar-refractivity contribution >= 4 is 48.1 Å². The summed E-state index contributed by atoms with van der Waals surface area (Å²) in [6, 6.07) is 6.55. The second kappa shape index (κ2) is 23.4. The quantitative estimate of drug-likeness (QED) is 0.426. The zero-order valence-electron chi connectivity index (χ0n) is 25.8. The lowest BCUT2D eigenvalue weighted by molar-refractivity contribution is 0.0176. The number of phenols is 2. The number of halogens is 2. The van der Waals surface area contributed by atoms with Crippen molar-refractivity contribution in [3.05, 3.63) is 56.6 Å². The van der Waals surface area contributed by atoms with Crippen molar-refractivity contribution in [1.29, 1.82) is 0 Å². The fourth-order valence-corrected chi connectivity index (χ4v) is 4.35. The van der Waals surface area contributed by atoms with E-state index in [9.17, 15) is 10.2 Å². The number of aromatic hydroxyl groups is 2. The fraction of sp³-hybridized carbons (Fsp3) is 0.500. The SMILES string of the molecule is Oc1c2cc(Cl)cc1C=NCCOCCOCCOCCN=Cc1cc(Cl)cc(c1O)C=NCCOCCOCCOCCN=C2. The van der Waals surface area contributed by atoms with Gasteiger partial charge in [-0.15, -0.1) is 0 Å². The molecule has 0 fully saturated rings. The third-order valence-corrected chi connectivity index (χ3v) is 6.57. The van der Waals surface area contributed by atoms with Crippen LogP contribution in [0.2, 0.25) is 10.0 Å². The summed E-state index contributed by atoms with van der Waals surface area (Å²) >= 11 is 12.5. The minimum Gasteiger partial charge on any atom is -0.507 e. The molecule has 4 bridgehead atoms. The Kier molecular flexibility index (Phi) is 19.1. The third-order valence-electron chi connectivity index (χ3n) is 6.14. The lowest BCUT2D eigenvalue weighted by Gasteiger charge is -2.07. The minimum absolute atomic E-state index is 0.0468. The first kappa shape index (κ1) is 37.5. The average Bonchev–Trinajstić information content (AvgIpc) is 3.04. The standard InChI is InChI=1S/C32H42Cl2N4O8/c33-29-17-25-21-35-1-5-41-9-13-45-14-10-42-7-3-37-23-27-19-30(34)20-28(32(27)40)24-38-4-8-44-12-16-46-15-11-43-6-2-36-22-26(18-29)31(25)39/h17-24,39-40H,1-16H2. The van der Waals surface area contributed by atoms with Crippen molar-refractivity contribution < 1.29 is 38.6 Å². The van der Waals surface area contributed by atoms with Gasteiger partial charge in [-0.2, -0.15) is 0 Å². The summed E-state index contributed by atoms with van der Waals surface area (Å²) in [5.74, 6) is 0.0935. The zero-order chi connectivity index (χ0) is 32.7. The van der Waals surface area contributed by atoms with Gasteiger partial charge in [0, 0.05) is 57.2 Å². The second-order valence-electron chi connectivity index (χ2n) is 9.68. The number of benzene rings is 2. The van der Waals surface area contributed by atoms with E-state index in [2.05, 4.69) is 20.0 Å². The van der Waals surface area contributed by atoms with Crippen LogP contribution in [0.1, 0.15) is 22.3 Å². The van der Waals surface area contributed by atoms with Gasteiger partial charge in [0.1, 0.15) is 11.5 Å². The van der Waals surface area contributed by atoms with Gasteiger partial charge in [0.2, 0.25) is 0 Å². The highest BCUT2D eigenvalue weighted by Crippen LogP contribution is 2.26. The van der Waals surface area contributed by atoms with E-state index in [0.29, 0.717) is 138 Å². The summed E-state index contributed by atoms with van der Waals surface area (Å²) in [4.78, 5) is 17.3. The van der Waals surface area contributed by atoms with E-state index in [4.69, 9.17) is 51.6 Å². The molecule has 0 atom stereocenters. The summed E-state index contributed by atoms with van der Waals surface area (Å²) in [5, 5.41) is 22.1. The first-order valence-electron chi connectivity index (χ1n) is 15.1. The normalized spacial score (nSPS) is 18.3. The van der Waals surface area contributed by atoms with Gasteiger partial charge in [-0.3, -0.25) is 20.0 Å². The van der Waals surface area contributed by atoms with E-state index in [0.717, 1.165) is 0 Å². The van der Waals surface area contributed by atoms with Crippen molar-refractivity contribution in [2.24, 2.45) is 20.0 Å². The molecule has 0 aromatic heterocycles. The minimum atomic E-state index is 0.0468. The van der Waals surface area contributed by atoms with Crippen molar-refractivity contribution in [3.63, 3.8) is 0 Å². The second-order valence-corrected chi connectivity index (χ2v) is 10.6. The lowest BCUT2D eigenvalue weighted by atomic mass is 10.1. The highest BCUT2D eigenvalue weighted by atomic mass is 35.5. The van der Waals surface area contributed by atoms with E-state index in [1.54, 1.807) is 49.1 Å². The van der Waals surface area contributed by atoms with Gasteiger partial charge in [0.15, 0.2) is 0 Å². The molecule has 0 saturated carbocycles. The van der Waals surface area contributed by atoms with Gasteiger partial charge < -0.3 is 38.6 Å². The van der Waals surface area contributed by atoms with Gasteiger partial charge in [0.05, 0.1) is 105 Å². The van der Waals surface area contributed by atoms with Crippen LogP contribution in [-0.2, 0) is 28.4 Å². The molecule has 12 nitrogen and oxygen atoms in total. The van der Waals surface area contributed by atoms with Crippen molar-refractivity contribution in [3.8, 4) is 11.5 Å². The molecule has 1 aliphatic rings. The molecule has 2 aromatic rings. The molecule has 0 amide bonds. The van der Waals surface area contributed by atoms with Gasteiger partial charge >= 0.3 is 0 Å². The Bertz CT molecular complexity index is 1110. The summed E-state index contributed by atoms with van der Waals surface area (Å²) in [6.45, 7) is 6.63. The maximum absolute atomic E-state index is 10.6. The van der Waals surface area contributed by atoms with Crippen LogP contribution in [0.15, 0.2) is 44.2 Å². The van der Waals surface area contributed by atoms with E-state index in [1.165, 1.54) is 0 Å². The van der Waals surface area contributed by atoms with Crippen LogP contribution in [0.25, 0.3) is 0 Å². The molecule has 0 saturated heterocycles. The summed E-state index contributed by atoms with van der Waals surface area (Å²) in [5.41, 5.74) is 1.97. The molecule has 2 N–H and O–H groups in total. The Morgan fingerprint density at radius 3 is 0.848 bits per heavy atom. The first-order valence-corrected chi connectivity index (χ1v) is 15.8. The van der Waals surface area contributed by atoms with Gasteiger partial charge in [0.25, 0.3) is 0 Å². The number of phenolic OH excluding ortho intramolecular Hbond substituents is 2. The maximum atomic E-state index is 10.6. The summed E-state index contributed by atoms with van der Waals surface area (Å²) < 4.78 is 33.2. The van der Waals surface area contributed by atoms with E-state index in [-0.39, 0.29) is 11.5 Å². The van der Waals surface area contributed by atoms with Crippen LogP contribution < -0.4 is 0 Å². The Morgan fingerprint density at radius 2 is 0.609 bits per heavy atom. The molecule has 0 unspecified atom stereocenters. The van der Waals surface area contributed by atoms with Gasteiger partial charge in [-0.1, -0.05) is 23.2 Å². The molecule has 0 aliphatic carbocycles. The number of hydrogen-bond donors (Lipinski definition) is 2. The Balaban J connectivity index is 1.47. The van der Waals surface area contributed by atoms with Crippen molar-refractivity contribution in [2.45, 2.75) is 0 Å².